The Balaban J connectivity index is -0.000000486. The van der Waals surface area contributed by atoms with Crippen LogP contribution >= 0.6 is 24.8 Å². The van der Waals surface area contributed by atoms with E-state index in [2.05, 4.69) is 41.5 Å². The molecule has 0 fully saturated rings. The summed E-state index contributed by atoms with van der Waals surface area (Å²) in [6.45, 7) is 17.0. The summed E-state index contributed by atoms with van der Waals surface area (Å²) in [4.78, 5) is 0. The largest absolute Gasteiger partial charge is 0.319 e. The molecule has 0 amide bonds. The maximum Gasteiger partial charge on any atom is 0.319 e. The molecule has 0 aromatic carbocycles. The van der Waals surface area contributed by atoms with E-state index in [1.807, 2.05) is 0 Å². The number of hydrogen-bond acceptors (Lipinski definition) is 9. The first kappa shape index (κ1) is 80.4. The van der Waals surface area contributed by atoms with E-state index in [9.17, 15) is 13.7 Å². The van der Waals surface area contributed by atoms with Crippen molar-refractivity contribution < 1.29 is 57.6 Å². The number of hydrogen-bond donors (Lipinski definition) is 0. The first-order chi connectivity index (χ1) is 35.4. The van der Waals surface area contributed by atoms with Crippen LogP contribution in [0.5, 0.6) is 0 Å². The summed E-state index contributed by atoms with van der Waals surface area (Å²) in [5.41, 5.74) is 0. The van der Waals surface area contributed by atoms with Gasteiger partial charge in [-0.1, -0.05) is 311 Å². The molecule has 0 rings (SSSR count). The minimum atomic E-state index is -2.25. The summed E-state index contributed by atoms with van der Waals surface area (Å²) in [5.74, 6) is 0. The molecule has 0 aromatic heterocycles. The molecule has 0 N–H and O–H groups in total. The molecule has 0 saturated carbocycles. The van der Waals surface area contributed by atoms with E-state index >= 15 is 0 Å². The van der Waals surface area contributed by atoms with Gasteiger partial charge in [0.25, 0.3) is 0 Å². The zero-order valence-electron chi connectivity index (χ0n) is 49.7. The Morgan fingerprint density at radius 1 is 0.178 bits per heavy atom. The SMILES string of the molecule is CCCCCCCCCCO[PH](=O)OCCCCCCCCCC.CCCCCCCCCCO[PH](=O)OCCCCCCCCCC.CCCCCCCCCCO[PH](=O)OCCCCCCCCCC.[Co]. The molecule has 0 aliphatic heterocycles. The van der Waals surface area contributed by atoms with Gasteiger partial charge >= 0.3 is 24.8 Å². The van der Waals surface area contributed by atoms with Crippen molar-refractivity contribution >= 4 is 24.8 Å². The molecule has 447 valence electrons. The zero-order valence-corrected chi connectivity index (χ0v) is 53.7. The van der Waals surface area contributed by atoms with Gasteiger partial charge in [0.15, 0.2) is 0 Å². The van der Waals surface area contributed by atoms with E-state index in [0.717, 1.165) is 38.5 Å². The van der Waals surface area contributed by atoms with Crippen molar-refractivity contribution in [1.29, 1.82) is 0 Å². The van der Waals surface area contributed by atoms with Gasteiger partial charge in [0.2, 0.25) is 0 Å². The molecular weight excluding hydrogens is 1020 g/mol. The topological polar surface area (TPSA) is 107 Å². The molecule has 73 heavy (non-hydrogen) atoms. The first-order valence-corrected chi connectivity index (χ1v) is 35.5. The third-order valence-corrected chi connectivity index (χ3v) is 15.9. The molecule has 0 unspecified atom stereocenters. The van der Waals surface area contributed by atoms with Crippen molar-refractivity contribution in [3.05, 3.63) is 0 Å². The van der Waals surface area contributed by atoms with Crippen LogP contribution in [0.1, 0.15) is 350 Å². The number of rotatable bonds is 60. The van der Waals surface area contributed by atoms with Gasteiger partial charge in [0.05, 0.1) is 39.6 Å². The molecule has 0 aliphatic carbocycles. The second-order valence-electron chi connectivity index (χ2n) is 20.7. The van der Waals surface area contributed by atoms with Crippen molar-refractivity contribution in [2.75, 3.05) is 39.6 Å². The first-order valence-electron chi connectivity index (χ1n) is 31.8. The summed E-state index contributed by atoms with van der Waals surface area (Å²) < 4.78 is 66.5. The fraction of sp³-hybridized carbons (Fsp3) is 1.00. The van der Waals surface area contributed by atoms with Crippen LogP contribution in [0.25, 0.3) is 0 Å². The van der Waals surface area contributed by atoms with Crippen molar-refractivity contribution in [1.82, 2.24) is 0 Å². The van der Waals surface area contributed by atoms with Gasteiger partial charge in [0, 0.05) is 16.8 Å². The van der Waals surface area contributed by atoms with E-state index in [4.69, 9.17) is 27.1 Å². The van der Waals surface area contributed by atoms with Crippen molar-refractivity contribution in [3.63, 3.8) is 0 Å². The maximum atomic E-state index is 11.6. The van der Waals surface area contributed by atoms with E-state index in [1.54, 1.807) is 0 Å². The van der Waals surface area contributed by atoms with Crippen LogP contribution in [0, 0.1) is 0 Å². The average Bonchev–Trinajstić information content (AvgIpc) is 3.38. The van der Waals surface area contributed by atoms with Gasteiger partial charge in [-0.15, -0.1) is 0 Å². The Kier molecular flexibility index (Phi) is 85.0. The van der Waals surface area contributed by atoms with Gasteiger partial charge in [-0.05, 0) is 38.5 Å². The van der Waals surface area contributed by atoms with Crippen molar-refractivity contribution in [3.8, 4) is 0 Å². The Labute approximate surface area is 469 Å². The van der Waals surface area contributed by atoms with Crippen LogP contribution in [0.3, 0.4) is 0 Å². The van der Waals surface area contributed by atoms with E-state index in [0.29, 0.717) is 39.6 Å². The zero-order chi connectivity index (χ0) is 53.2. The second kappa shape index (κ2) is 77.2. The van der Waals surface area contributed by atoms with E-state index in [-0.39, 0.29) is 16.8 Å². The maximum absolute atomic E-state index is 11.6. The minimum absolute atomic E-state index is 0. The summed E-state index contributed by atoms with van der Waals surface area (Å²) in [5, 5.41) is 0. The number of unbranched alkanes of at least 4 members (excludes halogenated alkanes) is 42. The second-order valence-corrected chi connectivity index (χ2v) is 23.9. The van der Waals surface area contributed by atoms with E-state index in [1.165, 1.54) is 270 Å². The van der Waals surface area contributed by atoms with Gasteiger partial charge in [0.1, 0.15) is 0 Å². The molecule has 0 aromatic rings. The quantitative estimate of drug-likeness (QED) is 0.0435. The Morgan fingerprint density at radius 3 is 0.384 bits per heavy atom. The van der Waals surface area contributed by atoms with Crippen LogP contribution < -0.4 is 0 Å². The van der Waals surface area contributed by atoms with Crippen molar-refractivity contribution in [2.45, 2.75) is 350 Å². The molecule has 13 heteroatoms. The average molecular weight is 1150 g/mol. The normalized spacial score (nSPS) is 11.3. The van der Waals surface area contributed by atoms with Crippen molar-refractivity contribution in [2.24, 2.45) is 0 Å². The third kappa shape index (κ3) is 81.9. The van der Waals surface area contributed by atoms with Gasteiger partial charge in [-0.25, -0.2) is 0 Å². The smallest absolute Gasteiger partial charge is 0.311 e. The van der Waals surface area contributed by atoms with E-state index < -0.39 is 24.8 Å². The molecule has 0 heterocycles. The summed E-state index contributed by atoms with van der Waals surface area (Å²) in [7, 11) is -6.74. The molecular formula is C60H129CoO9P3. The predicted octanol–water partition coefficient (Wildman–Crippen LogP) is 23.1. The standard InChI is InChI=1S/3C20H43O3P.Co/c3*1-3-5-7-9-11-13-15-17-19-22-24(21)23-20-18-16-14-12-10-8-6-4-2;/h3*24H,3-20H2,1-2H3;. The molecule has 0 atom stereocenters. The Hall–Kier alpha value is 0.956. The molecule has 0 saturated heterocycles. The predicted molar refractivity (Wildman–Crippen MR) is 318 cm³/mol. The molecule has 0 bridgehead atoms. The third-order valence-electron chi connectivity index (χ3n) is 13.3. The summed E-state index contributed by atoms with van der Waals surface area (Å²) >= 11 is 0. The van der Waals surface area contributed by atoms with Crippen LogP contribution in [-0.4, -0.2) is 39.6 Å². The molecule has 1 radical (unpaired) electrons. The van der Waals surface area contributed by atoms with Gasteiger partial charge < -0.3 is 27.1 Å². The van der Waals surface area contributed by atoms with Gasteiger partial charge in [-0.3, -0.25) is 13.7 Å². The van der Waals surface area contributed by atoms with Crippen LogP contribution in [0.2, 0.25) is 0 Å². The van der Waals surface area contributed by atoms with Crippen LogP contribution in [0.4, 0.5) is 0 Å². The van der Waals surface area contributed by atoms with Gasteiger partial charge in [-0.2, -0.15) is 0 Å². The summed E-state index contributed by atoms with van der Waals surface area (Å²) in [6.07, 6.45) is 61.0. The Morgan fingerprint density at radius 2 is 0.274 bits per heavy atom. The minimum Gasteiger partial charge on any atom is -0.311 e. The fourth-order valence-electron chi connectivity index (χ4n) is 8.47. The summed E-state index contributed by atoms with van der Waals surface area (Å²) in [6, 6.07) is 0. The molecule has 0 spiro atoms. The fourth-order valence-corrected chi connectivity index (χ4v) is 10.6. The van der Waals surface area contributed by atoms with Crippen LogP contribution in [-0.2, 0) is 57.6 Å². The monoisotopic (exact) mass is 1150 g/mol. The molecule has 9 nitrogen and oxygen atoms in total. The van der Waals surface area contributed by atoms with Crippen LogP contribution in [0.15, 0.2) is 0 Å². The molecule has 0 aliphatic rings. The Bertz CT molecular complexity index is 837.